The Hall–Kier alpha value is -2.10. The maximum absolute atomic E-state index is 9.30. The molecule has 2 aromatic rings. The van der Waals surface area contributed by atoms with E-state index >= 15 is 0 Å². The van der Waals surface area contributed by atoms with Gasteiger partial charge < -0.3 is 4.74 Å². The van der Waals surface area contributed by atoms with Crippen LogP contribution in [0.15, 0.2) is 36.7 Å². The first kappa shape index (κ1) is 10.4. The first-order valence-corrected chi connectivity index (χ1v) is 5.04. The van der Waals surface area contributed by atoms with E-state index in [9.17, 15) is 5.73 Å². The van der Waals surface area contributed by atoms with Gasteiger partial charge in [0, 0.05) is 11.6 Å². The third-order valence-electron chi connectivity index (χ3n) is 2.12. The molecule has 0 aliphatic carbocycles. The maximum Gasteiger partial charge on any atom is 0.178 e. The molecule has 80 valence electrons. The van der Waals surface area contributed by atoms with Crippen LogP contribution >= 0.6 is 0 Å². The number of hydrogen-bond donors (Lipinski definition) is 0. The van der Waals surface area contributed by atoms with E-state index in [1.807, 2.05) is 31.2 Å². The number of benzene rings is 1. The molecule has 0 saturated carbocycles. The standard InChI is InChI=1S/C12H11N3O/c1-2-16-11-6-4-3-5-9(11)10-7-12(13)15-8-14-10/h3-8H,2H2,1H3. The summed E-state index contributed by atoms with van der Waals surface area (Å²) >= 11 is 0. The molecule has 0 N–H and O–H groups in total. The fourth-order valence-corrected chi connectivity index (χ4v) is 1.45. The van der Waals surface area contributed by atoms with Gasteiger partial charge in [-0.25, -0.2) is 9.97 Å². The van der Waals surface area contributed by atoms with Gasteiger partial charge in [0.1, 0.15) is 12.1 Å². The number of nitrogens with zero attached hydrogens (tertiary/aromatic N) is 3. The second-order valence-electron chi connectivity index (χ2n) is 3.19. The third kappa shape index (κ3) is 2.11. The molecule has 1 aromatic heterocycles. The highest BCUT2D eigenvalue weighted by Gasteiger charge is 2.07. The van der Waals surface area contributed by atoms with Gasteiger partial charge in [-0.1, -0.05) is 12.1 Å². The van der Waals surface area contributed by atoms with Gasteiger partial charge in [-0.15, -0.1) is 5.73 Å². The second-order valence-corrected chi connectivity index (χ2v) is 3.19. The van der Waals surface area contributed by atoms with Crippen molar-refractivity contribution in [2.75, 3.05) is 6.61 Å². The Morgan fingerprint density at radius 1 is 1.25 bits per heavy atom. The highest BCUT2D eigenvalue weighted by atomic mass is 16.5. The van der Waals surface area contributed by atoms with Crippen LogP contribution in [0.3, 0.4) is 0 Å². The Morgan fingerprint density at radius 3 is 2.81 bits per heavy atom. The van der Waals surface area contributed by atoms with Gasteiger partial charge in [-0.05, 0) is 19.1 Å². The summed E-state index contributed by atoms with van der Waals surface area (Å²) in [6, 6.07) is 9.08. The van der Waals surface area contributed by atoms with Crippen LogP contribution in [0.1, 0.15) is 6.92 Å². The van der Waals surface area contributed by atoms with Gasteiger partial charge in [0.05, 0.1) is 12.3 Å². The molecule has 0 atom stereocenters. The first-order chi connectivity index (χ1) is 7.81. The van der Waals surface area contributed by atoms with E-state index < -0.39 is 0 Å². The van der Waals surface area contributed by atoms with Crippen LogP contribution < -0.4 is 10.5 Å². The first-order valence-electron chi connectivity index (χ1n) is 5.04. The molecule has 1 heterocycles. The number of ether oxygens (including phenoxy) is 1. The summed E-state index contributed by atoms with van der Waals surface area (Å²) < 4.78 is 5.49. The summed E-state index contributed by atoms with van der Waals surface area (Å²) in [5, 5.41) is 0. The highest BCUT2D eigenvalue weighted by Crippen LogP contribution is 2.28. The lowest BCUT2D eigenvalue weighted by molar-refractivity contribution is 0.341. The molecule has 0 fully saturated rings. The van der Waals surface area contributed by atoms with Crippen LogP contribution in [0.25, 0.3) is 11.3 Å². The Labute approximate surface area is 94.1 Å². The molecule has 4 nitrogen and oxygen atoms in total. The highest BCUT2D eigenvalue weighted by molar-refractivity contribution is 5.68. The van der Waals surface area contributed by atoms with Crippen molar-refractivity contribution >= 4 is 5.82 Å². The van der Waals surface area contributed by atoms with E-state index in [2.05, 4.69) is 9.97 Å². The minimum absolute atomic E-state index is 0.0451. The van der Waals surface area contributed by atoms with E-state index in [1.54, 1.807) is 0 Å². The molecule has 4 heteroatoms. The van der Waals surface area contributed by atoms with Crippen LogP contribution in [-0.2, 0) is 0 Å². The minimum atomic E-state index is -0.0451. The number of hydrogen-bond acceptors (Lipinski definition) is 3. The van der Waals surface area contributed by atoms with Crippen LogP contribution in [-0.4, -0.2) is 16.6 Å². The van der Waals surface area contributed by atoms with Crippen LogP contribution in [0, 0.1) is 0 Å². The number of aromatic nitrogens is 2. The van der Waals surface area contributed by atoms with Gasteiger partial charge in [0.2, 0.25) is 0 Å². The second kappa shape index (κ2) is 4.61. The number of para-hydroxylation sites is 1. The van der Waals surface area contributed by atoms with Crippen molar-refractivity contribution in [3.05, 3.63) is 36.7 Å². The molecule has 0 unspecified atom stereocenters. The maximum atomic E-state index is 9.30. The number of rotatable bonds is 3. The predicted octanol–water partition coefficient (Wildman–Crippen LogP) is 2.24. The lowest BCUT2D eigenvalue weighted by atomic mass is 10.1. The quantitative estimate of drug-likeness (QED) is 0.785. The van der Waals surface area contributed by atoms with Gasteiger partial charge in [-0.3, -0.25) is 0 Å². The smallest absolute Gasteiger partial charge is 0.178 e. The molecule has 0 amide bonds. The summed E-state index contributed by atoms with van der Waals surface area (Å²) in [5.41, 5.74) is 10.8. The Balaban J connectivity index is 2.46. The van der Waals surface area contributed by atoms with Crippen molar-refractivity contribution in [1.82, 2.24) is 15.7 Å². The zero-order valence-electron chi connectivity index (χ0n) is 8.92. The molecule has 0 spiro atoms. The summed E-state index contributed by atoms with van der Waals surface area (Å²) in [7, 11) is 0. The zero-order chi connectivity index (χ0) is 11.4. The monoisotopic (exact) mass is 213 g/mol. The summed E-state index contributed by atoms with van der Waals surface area (Å²) in [4.78, 5) is 7.75. The van der Waals surface area contributed by atoms with Gasteiger partial charge in [-0.2, -0.15) is 0 Å². The lowest BCUT2D eigenvalue weighted by Gasteiger charge is -2.08. The Morgan fingerprint density at radius 2 is 2.06 bits per heavy atom. The summed E-state index contributed by atoms with van der Waals surface area (Å²) in [6.45, 7) is 2.52. The largest absolute Gasteiger partial charge is 0.493 e. The molecule has 1 aromatic carbocycles. The molecule has 0 aliphatic heterocycles. The molecule has 0 aliphatic rings. The lowest BCUT2D eigenvalue weighted by Crippen LogP contribution is -1.95. The molecule has 16 heavy (non-hydrogen) atoms. The fourth-order valence-electron chi connectivity index (χ4n) is 1.45. The van der Waals surface area contributed by atoms with Crippen molar-refractivity contribution in [3.8, 4) is 17.0 Å². The third-order valence-corrected chi connectivity index (χ3v) is 2.12. The molecular formula is C12H11N3O. The molecule has 2 rings (SSSR count). The topological polar surface area (TPSA) is 57.3 Å². The Kier molecular flexibility index (Phi) is 3.00. The summed E-state index contributed by atoms with van der Waals surface area (Å²) in [5.74, 6) is 0.708. The van der Waals surface area contributed by atoms with E-state index in [-0.39, 0.29) is 5.82 Å². The normalized spacial score (nSPS) is 10.1. The average Bonchev–Trinajstić information content (AvgIpc) is 2.30. The zero-order valence-corrected chi connectivity index (χ0v) is 8.92. The van der Waals surface area contributed by atoms with Gasteiger partial charge in [0.15, 0.2) is 5.82 Å². The van der Waals surface area contributed by atoms with E-state index in [1.165, 1.54) is 12.4 Å². The molecule has 0 bridgehead atoms. The molecular weight excluding hydrogens is 202 g/mol. The van der Waals surface area contributed by atoms with Crippen LogP contribution in [0.4, 0.5) is 5.82 Å². The Bertz CT molecular complexity index is 485. The van der Waals surface area contributed by atoms with Crippen molar-refractivity contribution in [3.63, 3.8) is 0 Å². The fraction of sp³-hybridized carbons (Fsp3) is 0.167. The van der Waals surface area contributed by atoms with Gasteiger partial charge in [0.25, 0.3) is 0 Å². The molecule has 2 radical (unpaired) electrons. The van der Waals surface area contributed by atoms with Gasteiger partial charge >= 0.3 is 0 Å². The summed E-state index contributed by atoms with van der Waals surface area (Å²) in [6.07, 6.45) is 1.33. The van der Waals surface area contributed by atoms with E-state index in [0.717, 1.165) is 11.3 Å². The minimum Gasteiger partial charge on any atom is -0.493 e. The van der Waals surface area contributed by atoms with Crippen LogP contribution in [0.5, 0.6) is 5.75 Å². The van der Waals surface area contributed by atoms with Crippen molar-refractivity contribution in [1.29, 1.82) is 0 Å². The SMILES string of the molecule is CCOc1ccccc1-c1cc([N])ncn1. The van der Waals surface area contributed by atoms with Crippen LogP contribution in [0.2, 0.25) is 0 Å². The van der Waals surface area contributed by atoms with E-state index in [4.69, 9.17) is 4.74 Å². The molecule has 0 saturated heterocycles. The van der Waals surface area contributed by atoms with Crippen molar-refractivity contribution < 1.29 is 4.74 Å². The van der Waals surface area contributed by atoms with E-state index in [0.29, 0.717) is 12.3 Å². The predicted molar refractivity (Wildman–Crippen MR) is 60.4 cm³/mol. The average molecular weight is 213 g/mol. The van der Waals surface area contributed by atoms with Crippen molar-refractivity contribution in [2.45, 2.75) is 6.92 Å². The van der Waals surface area contributed by atoms with Crippen molar-refractivity contribution in [2.24, 2.45) is 0 Å².